The molecule has 0 aliphatic carbocycles. The highest BCUT2D eigenvalue weighted by Gasteiger charge is 2.36. The zero-order valence-corrected chi connectivity index (χ0v) is 14.3. The Kier molecular flexibility index (Phi) is 5.16. The third-order valence-corrected chi connectivity index (χ3v) is 3.76. The highest BCUT2D eigenvalue weighted by molar-refractivity contribution is 6.39. The molecule has 1 fully saturated rings. The topological polar surface area (TPSA) is 119 Å². The predicted molar refractivity (Wildman–Crippen MR) is 96.5 cm³/mol. The van der Waals surface area contributed by atoms with Crippen LogP contribution in [0.2, 0.25) is 0 Å². The van der Waals surface area contributed by atoms with Crippen LogP contribution in [0.3, 0.4) is 0 Å². The molecule has 0 saturated carbocycles. The fourth-order valence-electron chi connectivity index (χ4n) is 2.46. The number of anilines is 1. The molecule has 9 heteroatoms. The monoisotopic (exact) mass is 383 g/mol. The average Bonchev–Trinajstić information content (AvgIpc) is 2.66. The minimum atomic E-state index is -0.922. The number of nitrogens with one attached hydrogen (secondary N) is 1. The second-order valence-electron chi connectivity index (χ2n) is 5.76. The van der Waals surface area contributed by atoms with Gasteiger partial charge in [-0.15, -0.1) is 0 Å². The van der Waals surface area contributed by atoms with Crippen LogP contribution < -0.4 is 20.7 Å². The summed E-state index contributed by atoms with van der Waals surface area (Å²) < 4.78 is 18.2. The summed E-state index contributed by atoms with van der Waals surface area (Å²) in [7, 11) is 0. The Balaban J connectivity index is 1.86. The van der Waals surface area contributed by atoms with Crippen molar-refractivity contribution < 1.29 is 28.3 Å². The number of halogens is 1. The first kappa shape index (κ1) is 18.8. The van der Waals surface area contributed by atoms with Gasteiger partial charge >= 0.3 is 6.03 Å². The number of hydrogen-bond acceptors (Lipinski definition) is 5. The largest absolute Gasteiger partial charge is 0.484 e. The van der Waals surface area contributed by atoms with Gasteiger partial charge in [-0.1, -0.05) is 12.1 Å². The molecule has 3 rings (SSSR count). The van der Waals surface area contributed by atoms with Crippen molar-refractivity contribution >= 4 is 35.5 Å². The van der Waals surface area contributed by atoms with E-state index in [1.165, 1.54) is 30.3 Å². The molecule has 3 N–H and O–H groups in total. The van der Waals surface area contributed by atoms with E-state index in [4.69, 9.17) is 10.5 Å². The summed E-state index contributed by atoms with van der Waals surface area (Å²) in [5.41, 5.74) is 5.34. The number of hydrogen-bond donors (Lipinski definition) is 2. The minimum Gasteiger partial charge on any atom is -0.484 e. The van der Waals surface area contributed by atoms with Crippen LogP contribution in [0.1, 0.15) is 5.56 Å². The molecule has 28 heavy (non-hydrogen) atoms. The summed E-state index contributed by atoms with van der Waals surface area (Å²) in [5, 5.41) is 2.08. The van der Waals surface area contributed by atoms with E-state index in [-0.39, 0.29) is 17.9 Å². The molecule has 8 nitrogen and oxygen atoms in total. The first-order valence-corrected chi connectivity index (χ1v) is 8.03. The Morgan fingerprint density at radius 3 is 2.32 bits per heavy atom. The van der Waals surface area contributed by atoms with Gasteiger partial charge < -0.3 is 10.5 Å². The maximum Gasteiger partial charge on any atom is 0.335 e. The van der Waals surface area contributed by atoms with E-state index in [0.717, 1.165) is 17.0 Å². The number of primary amides is 1. The van der Waals surface area contributed by atoms with Crippen molar-refractivity contribution in [2.24, 2.45) is 5.73 Å². The molecule has 0 bridgehead atoms. The van der Waals surface area contributed by atoms with Crippen LogP contribution in [-0.4, -0.2) is 30.4 Å². The molecule has 0 aromatic heterocycles. The summed E-state index contributed by atoms with van der Waals surface area (Å²) in [4.78, 5) is 48.3. The van der Waals surface area contributed by atoms with Gasteiger partial charge in [0.05, 0.1) is 5.69 Å². The smallest absolute Gasteiger partial charge is 0.335 e. The number of rotatable bonds is 5. The van der Waals surface area contributed by atoms with Crippen LogP contribution in [0.15, 0.2) is 54.1 Å². The molecule has 0 atom stereocenters. The Hall–Kier alpha value is -4.01. The van der Waals surface area contributed by atoms with Crippen molar-refractivity contribution in [3.8, 4) is 5.75 Å². The molecule has 1 aliphatic rings. The fourth-order valence-corrected chi connectivity index (χ4v) is 2.46. The highest BCUT2D eigenvalue weighted by Crippen LogP contribution is 2.22. The molecule has 0 spiro atoms. The van der Waals surface area contributed by atoms with Crippen molar-refractivity contribution in [1.82, 2.24) is 5.32 Å². The van der Waals surface area contributed by atoms with E-state index in [0.29, 0.717) is 11.3 Å². The van der Waals surface area contributed by atoms with Crippen LogP contribution >= 0.6 is 0 Å². The lowest BCUT2D eigenvalue weighted by atomic mass is 10.1. The number of benzene rings is 2. The molecule has 1 aliphatic heterocycles. The number of nitrogens with two attached hydrogens (primary N) is 1. The van der Waals surface area contributed by atoms with E-state index in [1.54, 1.807) is 12.1 Å². The van der Waals surface area contributed by atoms with E-state index in [1.807, 2.05) is 0 Å². The third-order valence-electron chi connectivity index (χ3n) is 3.76. The van der Waals surface area contributed by atoms with Gasteiger partial charge in [0.2, 0.25) is 0 Å². The number of barbiturate groups is 1. The standard InChI is InChI=1S/C19H14FN3O5/c20-12-3-5-13(6-4-12)23-18(26)15(17(25)22-19(23)27)9-11-1-7-14(8-2-11)28-10-16(21)24/h1-9H,10H2,(H2,21,24)(H,22,25,27)/b15-9-. The third kappa shape index (κ3) is 4.04. The molecular formula is C19H14FN3O5. The summed E-state index contributed by atoms with van der Waals surface area (Å²) in [6.45, 7) is -0.282. The van der Waals surface area contributed by atoms with Crippen molar-refractivity contribution in [3.63, 3.8) is 0 Å². The Labute approximate surface area is 158 Å². The van der Waals surface area contributed by atoms with Gasteiger partial charge in [-0.25, -0.2) is 14.1 Å². The van der Waals surface area contributed by atoms with Crippen LogP contribution in [0.5, 0.6) is 5.75 Å². The van der Waals surface area contributed by atoms with Crippen molar-refractivity contribution in [2.75, 3.05) is 11.5 Å². The number of ether oxygens (including phenoxy) is 1. The number of carbonyl (C=O) groups is 4. The maximum atomic E-state index is 13.1. The second-order valence-corrected chi connectivity index (χ2v) is 5.76. The van der Waals surface area contributed by atoms with Gasteiger partial charge in [-0.05, 0) is 48.0 Å². The zero-order chi connectivity index (χ0) is 20.3. The summed E-state index contributed by atoms with van der Waals surface area (Å²) in [6.07, 6.45) is 1.30. The molecular weight excluding hydrogens is 369 g/mol. The van der Waals surface area contributed by atoms with Crippen LogP contribution in [-0.2, 0) is 14.4 Å². The quantitative estimate of drug-likeness (QED) is 0.597. The lowest BCUT2D eigenvalue weighted by molar-refractivity contribution is -0.123. The molecule has 2 aromatic carbocycles. The predicted octanol–water partition coefficient (Wildman–Crippen LogP) is 1.36. The lowest BCUT2D eigenvalue weighted by Gasteiger charge is -2.26. The molecule has 5 amide bonds. The SMILES string of the molecule is NC(=O)COc1ccc(/C=C2/C(=O)NC(=O)N(c3ccc(F)cc3)C2=O)cc1. The molecule has 0 unspecified atom stereocenters. The molecule has 142 valence electrons. The normalized spacial score (nSPS) is 15.5. The van der Waals surface area contributed by atoms with Crippen molar-refractivity contribution in [3.05, 3.63) is 65.5 Å². The van der Waals surface area contributed by atoms with E-state index in [2.05, 4.69) is 5.32 Å². The first-order valence-electron chi connectivity index (χ1n) is 8.03. The average molecular weight is 383 g/mol. The van der Waals surface area contributed by atoms with Gasteiger partial charge in [-0.2, -0.15) is 0 Å². The van der Waals surface area contributed by atoms with E-state index in [9.17, 15) is 23.6 Å². The Morgan fingerprint density at radius 2 is 1.71 bits per heavy atom. The lowest BCUT2D eigenvalue weighted by Crippen LogP contribution is -2.54. The fraction of sp³-hybridized carbons (Fsp3) is 0.0526. The van der Waals surface area contributed by atoms with Gasteiger partial charge in [0.1, 0.15) is 17.1 Å². The van der Waals surface area contributed by atoms with Gasteiger partial charge in [0.15, 0.2) is 6.61 Å². The molecule has 1 saturated heterocycles. The summed E-state index contributed by atoms with van der Waals surface area (Å²) in [5.74, 6) is -2.46. The molecule has 0 radical (unpaired) electrons. The number of nitrogens with zero attached hydrogens (tertiary/aromatic N) is 1. The Bertz CT molecular complexity index is 984. The number of urea groups is 1. The van der Waals surface area contributed by atoms with Crippen molar-refractivity contribution in [2.45, 2.75) is 0 Å². The zero-order valence-electron chi connectivity index (χ0n) is 14.3. The highest BCUT2D eigenvalue weighted by atomic mass is 19.1. The first-order chi connectivity index (χ1) is 13.3. The maximum absolute atomic E-state index is 13.1. The van der Waals surface area contributed by atoms with Crippen LogP contribution in [0.25, 0.3) is 6.08 Å². The summed E-state index contributed by atoms with van der Waals surface area (Å²) >= 11 is 0. The molecule has 2 aromatic rings. The molecule has 1 heterocycles. The van der Waals surface area contributed by atoms with Gasteiger partial charge in [-0.3, -0.25) is 19.7 Å². The van der Waals surface area contributed by atoms with E-state index >= 15 is 0 Å². The number of carbonyl (C=O) groups excluding carboxylic acids is 4. The van der Waals surface area contributed by atoms with E-state index < -0.39 is 29.6 Å². The Morgan fingerprint density at radius 1 is 1.07 bits per heavy atom. The number of imide groups is 2. The van der Waals surface area contributed by atoms with Crippen LogP contribution in [0.4, 0.5) is 14.9 Å². The van der Waals surface area contributed by atoms with Gasteiger partial charge in [0.25, 0.3) is 17.7 Å². The van der Waals surface area contributed by atoms with Gasteiger partial charge in [0, 0.05) is 0 Å². The number of amides is 5. The minimum absolute atomic E-state index is 0.123. The second kappa shape index (κ2) is 7.70. The summed E-state index contributed by atoms with van der Waals surface area (Å²) in [6, 6.07) is 9.96. The van der Waals surface area contributed by atoms with Crippen LogP contribution in [0, 0.1) is 5.82 Å². The van der Waals surface area contributed by atoms with Crippen molar-refractivity contribution in [1.29, 1.82) is 0 Å².